The molecule has 0 N–H and O–H groups in total. The number of hydrogen-bond donors (Lipinski definition) is 0. The summed E-state index contributed by atoms with van der Waals surface area (Å²) >= 11 is 0. The van der Waals surface area contributed by atoms with Gasteiger partial charge in [-0.05, 0) is 61.4 Å². The van der Waals surface area contributed by atoms with E-state index < -0.39 is 0 Å². The van der Waals surface area contributed by atoms with E-state index in [1.54, 1.807) is 5.56 Å². The van der Waals surface area contributed by atoms with Crippen molar-refractivity contribution in [2.24, 2.45) is 0 Å². The molecule has 0 aromatic heterocycles. The summed E-state index contributed by atoms with van der Waals surface area (Å²) in [5.41, 5.74) is 8.87. The van der Waals surface area contributed by atoms with Crippen LogP contribution in [0.3, 0.4) is 0 Å². The van der Waals surface area contributed by atoms with E-state index in [0.29, 0.717) is 0 Å². The number of fused-ring (bicyclic) bond motifs is 1. The molecule has 0 radical (unpaired) electrons. The molecule has 0 atom stereocenters. The maximum Gasteiger partial charge on any atom is 0.0236 e. The first-order valence-electron chi connectivity index (χ1n) is 7.99. The summed E-state index contributed by atoms with van der Waals surface area (Å²) < 4.78 is 0. The van der Waals surface area contributed by atoms with E-state index in [2.05, 4.69) is 62.1 Å². The molecule has 1 nitrogen and oxygen atoms in total. The Morgan fingerprint density at radius 2 is 1.62 bits per heavy atom. The Morgan fingerprint density at radius 3 is 2.33 bits per heavy atom. The van der Waals surface area contributed by atoms with E-state index in [0.717, 1.165) is 6.54 Å². The first-order valence-corrected chi connectivity index (χ1v) is 7.99. The van der Waals surface area contributed by atoms with Crippen molar-refractivity contribution in [3.05, 3.63) is 69.8 Å². The van der Waals surface area contributed by atoms with Crippen LogP contribution in [0.1, 0.15) is 33.4 Å². The van der Waals surface area contributed by atoms with Gasteiger partial charge in [0.1, 0.15) is 0 Å². The SMILES string of the molecule is Cc1cc(C)c(CCN2CCc3ccccc3C2)c(C)c1. The standard InChI is InChI=1S/C20H25N/c1-15-12-16(2)20(17(3)13-15)9-11-21-10-8-18-6-4-5-7-19(18)14-21/h4-7,12-13H,8-11,14H2,1-3H3. The van der Waals surface area contributed by atoms with Gasteiger partial charge in [-0.2, -0.15) is 0 Å². The molecule has 3 rings (SSSR count). The van der Waals surface area contributed by atoms with E-state index in [1.807, 2.05) is 0 Å². The van der Waals surface area contributed by atoms with Crippen LogP contribution in [-0.4, -0.2) is 18.0 Å². The van der Waals surface area contributed by atoms with Gasteiger partial charge >= 0.3 is 0 Å². The highest BCUT2D eigenvalue weighted by atomic mass is 15.1. The monoisotopic (exact) mass is 279 g/mol. The number of nitrogens with zero attached hydrogens (tertiary/aromatic N) is 1. The van der Waals surface area contributed by atoms with E-state index in [4.69, 9.17) is 0 Å². The Kier molecular flexibility index (Phi) is 4.12. The highest BCUT2D eigenvalue weighted by Gasteiger charge is 2.15. The van der Waals surface area contributed by atoms with E-state index in [9.17, 15) is 0 Å². The highest BCUT2D eigenvalue weighted by molar-refractivity contribution is 5.37. The van der Waals surface area contributed by atoms with Crippen molar-refractivity contribution in [2.45, 2.75) is 40.2 Å². The molecule has 2 aromatic carbocycles. The average Bonchev–Trinajstić information content (AvgIpc) is 2.46. The van der Waals surface area contributed by atoms with Gasteiger partial charge in [0.25, 0.3) is 0 Å². The van der Waals surface area contributed by atoms with Crippen molar-refractivity contribution in [2.75, 3.05) is 13.1 Å². The predicted molar refractivity (Wildman–Crippen MR) is 89.8 cm³/mol. The fourth-order valence-electron chi connectivity index (χ4n) is 3.62. The topological polar surface area (TPSA) is 3.24 Å². The van der Waals surface area contributed by atoms with Gasteiger partial charge < -0.3 is 0 Å². The molecule has 0 amide bonds. The number of hydrogen-bond acceptors (Lipinski definition) is 1. The summed E-state index contributed by atoms with van der Waals surface area (Å²) in [6.07, 6.45) is 2.36. The summed E-state index contributed by atoms with van der Waals surface area (Å²) in [4.78, 5) is 2.60. The maximum atomic E-state index is 2.60. The molecule has 0 bridgehead atoms. The number of aryl methyl sites for hydroxylation is 3. The predicted octanol–water partition coefficient (Wildman–Crippen LogP) is 4.21. The Labute approximate surface area is 128 Å². The first-order chi connectivity index (χ1) is 10.1. The van der Waals surface area contributed by atoms with Gasteiger partial charge in [-0.1, -0.05) is 42.0 Å². The Morgan fingerprint density at radius 1 is 0.952 bits per heavy atom. The molecule has 0 spiro atoms. The zero-order chi connectivity index (χ0) is 14.8. The van der Waals surface area contributed by atoms with Gasteiger partial charge in [-0.15, -0.1) is 0 Å². The second-order valence-corrected chi connectivity index (χ2v) is 6.42. The Hall–Kier alpha value is -1.60. The summed E-state index contributed by atoms with van der Waals surface area (Å²) in [5.74, 6) is 0. The van der Waals surface area contributed by atoms with Crippen molar-refractivity contribution in [1.29, 1.82) is 0 Å². The molecule has 21 heavy (non-hydrogen) atoms. The fraction of sp³-hybridized carbons (Fsp3) is 0.400. The van der Waals surface area contributed by atoms with E-state index in [-0.39, 0.29) is 0 Å². The third kappa shape index (κ3) is 3.19. The van der Waals surface area contributed by atoms with Crippen LogP contribution in [0, 0.1) is 20.8 Å². The van der Waals surface area contributed by atoms with E-state index >= 15 is 0 Å². The van der Waals surface area contributed by atoms with Crippen molar-refractivity contribution in [3.63, 3.8) is 0 Å². The molecule has 2 aromatic rings. The normalized spacial score (nSPS) is 15.0. The third-order valence-corrected chi connectivity index (χ3v) is 4.73. The number of rotatable bonds is 3. The molecule has 1 aliphatic rings. The summed E-state index contributed by atoms with van der Waals surface area (Å²) in [6, 6.07) is 13.5. The Balaban J connectivity index is 1.67. The van der Waals surface area contributed by atoms with Gasteiger partial charge in [-0.3, -0.25) is 4.90 Å². The van der Waals surface area contributed by atoms with E-state index in [1.165, 1.54) is 53.7 Å². The minimum absolute atomic E-state index is 1.11. The average molecular weight is 279 g/mol. The second-order valence-electron chi connectivity index (χ2n) is 6.42. The van der Waals surface area contributed by atoms with Crippen LogP contribution < -0.4 is 0 Å². The summed E-state index contributed by atoms with van der Waals surface area (Å²) in [5, 5.41) is 0. The van der Waals surface area contributed by atoms with Crippen molar-refractivity contribution >= 4 is 0 Å². The maximum absolute atomic E-state index is 2.60. The first kappa shape index (κ1) is 14.3. The van der Waals surface area contributed by atoms with Crippen LogP contribution in [0.4, 0.5) is 0 Å². The molecule has 110 valence electrons. The largest absolute Gasteiger partial charge is 0.298 e. The van der Waals surface area contributed by atoms with Gasteiger partial charge in [0.15, 0.2) is 0 Å². The highest BCUT2D eigenvalue weighted by Crippen LogP contribution is 2.21. The fourth-order valence-corrected chi connectivity index (χ4v) is 3.62. The molecular weight excluding hydrogens is 254 g/mol. The van der Waals surface area contributed by atoms with Crippen LogP contribution in [0.25, 0.3) is 0 Å². The third-order valence-electron chi connectivity index (χ3n) is 4.73. The molecular formula is C20H25N. The van der Waals surface area contributed by atoms with Crippen molar-refractivity contribution in [3.8, 4) is 0 Å². The smallest absolute Gasteiger partial charge is 0.0236 e. The molecule has 1 heteroatoms. The summed E-state index contributed by atoms with van der Waals surface area (Å²) in [6.45, 7) is 10.2. The molecule has 0 unspecified atom stereocenters. The van der Waals surface area contributed by atoms with Crippen LogP contribution in [-0.2, 0) is 19.4 Å². The quantitative estimate of drug-likeness (QED) is 0.813. The molecule has 0 aliphatic carbocycles. The van der Waals surface area contributed by atoms with Crippen LogP contribution in [0.5, 0.6) is 0 Å². The molecule has 0 saturated carbocycles. The van der Waals surface area contributed by atoms with Crippen molar-refractivity contribution < 1.29 is 0 Å². The molecule has 1 aliphatic heterocycles. The van der Waals surface area contributed by atoms with Crippen molar-refractivity contribution in [1.82, 2.24) is 4.90 Å². The lowest BCUT2D eigenvalue weighted by Gasteiger charge is -2.29. The van der Waals surface area contributed by atoms with Gasteiger partial charge in [0.05, 0.1) is 0 Å². The summed E-state index contributed by atoms with van der Waals surface area (Å²) in [7, 11) is 0. The molecule has 0 saturated heterocycles. The second kappa shape index (κ2) is 6.03. The van der Waals surface area contributed by atoms with Gasteiger partial charge in [0, 0.05) is 19.6 Å². The lowest BCUT2D eigenvalue weighted by atomic mass is 9.96. The Bertz CT molecular complexity index is 619. The van der Waals surface area contributed by atoms with Crippen LogP contribution in [0.2, 0.25) is 0 Å². The lowest BCUT2D eigenvalue weighted by Crippen LogP contribution is -2.32. The number of benzene rings is 2. The zero-order valence-corrected chi connectivity index (χ0v) is 13.4. The van der Waals surface area contributed by atoms with Gasteiger partial charge in [0.2, 0.25) is 0 Å². The molecule has 0 fully saturated rings. The lowest BCUT2D eigenvalue weighted by molar-refractivity contribution is 0.257. The molecule has 1 heterocycles. The minimum Gasteiger partial charge on any atom is -0.298 e. The zero-order valence-electron chi connectivity index (χ0n) is 13.4. The van der Waals surface area contributed by atoms with Gasteiger partial charge in [-0.25, -0.2) is 0 Å². The van der Waals surface area contributed by atoms with Crippen LogP contribution >= 0.6 is 0 Å². The van der Waals surface area contributed by atoms with Crippen LogP contribution in [0.15, 0.2) is 36.4 Å². The minimum atomic E-state index is 1.11.